The molecule has 92 valence electrons. The van der Waals surface area contributed by atoms with Crippen molar-refractivity contribution in [3.63, 3.8) is 0 Å². The van der Waals surface area contributed by atoms with E-state index in [1.165, 1.54) is 4.90 Å². The van der Waals surface area contributed by atoms with Gasteiger partial charge in [0.05, 0.1) is 0 Å². The number of benzene rings is 1. The molecule has 0 saturated heterocycles. The minimum atomic E-state index is -0.145. The molecule has 4 heteroatoms. The van der Waals surface area contributed by atoms with Crippen LogP contribution < -0.4 is 4.74 Å². The van der Waals surface area contributed by atoms with Crippen molar-refractivity contribution >= 4 is 5.91 Å². The predicted octanol–water partition coefficient (Wildman–Crippen LogP) is 2.58. The van der Waals surface area contributed by atoms with Crippen LogP contribution in [0, 0.1) is 0 Å². The standard InChI is InChI=1S/C14H14N2O2/c1-16(2)14(17)12-9-6-10-13(15-12)18-11-7-4-3-5-8-11/h3-10H,1-2H3. The van der Waals surface area contributed by atoms with Gasteiger partial charge in [-0.3, -0.25) is 4.79 Å². The van der Waals surface area contributed by atoms with Crippen molar-refractivity contribution in [2.75, 3.05) is 14.1 Å². The first-order valence-electron chi connectivity index (χ1n) is 5.58. The maximum Gasteiger partial charge on any atom is 0.272 e. The molecule has 1 aromatic carbocycles. The number of para-hydroxylation sites is 1. The lowest BCUT2D eigenvalue weighted by atomic mass is 10.3. The third-order valence-corrected chi connectivity index (χ3v) is 2.31. The van der Waals surface area contributed by atoms with Crippen LogP contribution in [0.25, 0.3) is 0 Å². The van der Waals surface area contributed by atoms with Crippen molar-refractivity contribution in [1.82, 2.24) is 9.88 Å². The number of carbonyl (C=O) groups excluding carboxylic acids is 1. The van der Waals surface area contributed by atoms with E-state index in [1.54, 1.807) is 32.3 Å². The minimum absolute atomic E-state index is 0.145. The molecule has 2 aromatic rings. The van der Waals surface area contributed by atoms with E-state index in [-0.39, 0.29) is 5.91 Å². The molecule has 1 aromatic heterocycles. The van der Waals surface area contributed by atoms with E-state index >= 15 is 0 Å². The molecular weight excluding hydrogens is 228 g/mol. The maximum absolute atomic E-state index is 11.8. The fourth-order valence-electron chi connectivity index (χ4n) is 1.43. The van der Waals surface area contributed by atoms with E-state index in [2.05, 4.69) is 4.98 Å². The highest BCUT2D eigenvalue weighted by Crippen LogP contribution is 2.18. The number of ether oxygens (including phenoxy) is 1. The number of hydrogen-bond donors (Lipinski definition) is 0. The van der Waals surface area contributed by atoms with Crippen LogP contribution >= 0.6 is 0 Å². The van der Waals surface area contributed by atoms with Gasteiger partial charge in [-0.15, -0.1) is 0 Å². The Morgan fingerprint density at radius 3 is 2.44 bits per heavy atom. The Balaban J connectivity index is 2.20. The van der Waals surface area contributed by atoms with Crippen LogP contribution in [0.5, 0.6) is 11.6 Å². The molecule has 0 N–H and O–H groups in total. The molecule has 0 fully saturated rings. The quantitative estimate of drug-likeness (QED) is 0.830. The van der Waals surface area contributed by atoms with Crippen LogP contribution in [-0.2, 0) is 0 Å². The van der Waals surface area contributed by atoms with E-state index in [9.17, 15) is 4.79 Å². The van der Waals surface area contributed by atoms with Gasteiger partial charge in [0.15, 0.2) is 0 Å². The van der Waals surface area contributed by atoms with E-state index in [0.717, 1.165) is 0 Å². The van der Waals surface area contributed by atoms with Crippen LogP contribution in [0.1, 0.15) is 10.5 Å². The van der Waals surface area contributed by atoms with Crippen LogP contribution in [0.15, 0.2) is 48.5 Å². The maximum atomic E-state index is 11.8. The van der Waals surface area contributed by atoms with Crippen molar-refractivity contribution in [3.05, 3.63) is 54.2 Å². The Kier molecular flexibility index (Phi) is 3.57. The number of pyridine rings is 1. The monoisotopic (exact) mass is 242 g/mol. The molecule has 0 aliphatic heterocycles. The number of rotatable bonds is 3. The van der Waals surface area contributed by atoms with Gasteiger partial charge >= 0.3 is 0 Å². The summed E-state index contributed by atoms with van der Waals surface area (Å²) in [6.07, 6.45) is 0. The largest absolute Gasteiger partial charge is 0.439 e. The van der Waals surface area contributed by atoms with Gasteiger partial charge in [-0.1, -0.05) is 24.3 Å². The van der Waals surface area contributed by atoms with Gasteiger partial charge in [-0.25, -0.2) is 4.98 Å². The Morgan fingerprint density at radius 1 is 1.06 bits per heavy atom. The summed E-state index contributed by atoms with van der Waals surface area (Å²) in [7, 11) is 3.38. The fourth-order valence-corrected chi connectivity index (χ4v) is 1.43. The first kappa shape index (κ1) is 12.1. The number of nitrogens with zero attached hydrogens (tertiary/aromatic N) is 2. The first-order valence-corrected chi connectivity index (χ1v) is 5.58. The summed E-state index contributed by atoms with van der Waals surface area (Å²) >= 11 is 0. The van der Waals surface area contributed by atoms with Crippen molar-refractivity contribution in [2.24, 2.45) is 0 Å². The topological polar surface area (TPSA) is 42.4 Å². The second-order valence-electron chi connectivity index (χ2n) is 3.98. The highest BCUT2D eigenvalue weighted by atomic mass is 16.5. The zero-order valence-corrected chi connectivity index (χ0v) is 10.3. The molecule has 0 atom stereocenters. The van der Waals surface area contributed by atoms with Crippen molar-refractivity contribution in [2.45, 2.75) is 0 Å². The highest BCUT2D eigenvalue weighted by Gasteiger charge is 2.10. The minimum Gasteiger partial charge on any atom is -0.439 e. The average Bonchev–Trinajstić information content (AvgIpc) is 2.39. The molecule has 0 saturated carbocycles. The predicted molar refractivity (Wildman–Crippen MR) is 68.8 cm³/mol. The van der Waals surface area contributed by atoms with Crippen molar-refractivity contribution in [1.29, 1.82) is 0 Å². The van der Waals surface area contributed by atoms with Crippen molar-refractivity contribution < 1.29 is 9.53 Å². The zero-order valence-electron chi connectivity index (χ0n) is 10.3. The van der Waals surface area contributed by atoms with Gasteiger partial charge in [-0.05, 0) is 18.2 Å². The van der Waals surface area contributed by atoms with E-state index in [1.807, 2.05) is 30.3 Å². The average molecular weight is 242 g/mol. The molecule has 18 heavy (non-hydrogen) atoms. The van der Waals surface area contributed by atoms with Gasteiger partial charge in [0, 0.05) is 20.2 Å². The molecule has 0 unspecified atom stereocenters. The van der Waals surface area contributed by atoms with E-state index in [0.29, 0.717) is 17.3 Å². The van der Waals surface area contributed by atoms with Crippen molar-refractivity contribution in [3.8, 4) is 11.6 Å². The molecule has 1 amide bonds. The first-order chi connectivity index (χ1) is 8.66. The summed E-state index contributed by atoms with van der Waals surface area (Å²) in [6, 6.07) is 14.5. The Morgan fingerprint density at radius 2 is 1.78 bits per heavy atom. The number of aromatic nitrogens is 1. The zero-order chi connectivity index (χ0) is 13.0. The molecule has 0 aliphatic rings. The van der Waals surface area contributed by atoms with E-state index in [4.69, 9.17) is 4.74 Å². The van der Waals surface area contributed by atoms with Gasteiger partial charge in [0.2, 0.25) is 5.88 Å². The molecule has 4 nitrogen and oxygen atoms in total. The highest BCUT2D eigenvalue weighted by molar-refractivity contribution is 5.92. The second kappa shape index (κ2) is 5.31. The molecule has 1 heterocycles. The second-order valence-corrected chi connectivity index (χ2v) is 3.98. The molecule has 2 rings (SSSR count). The SMILES string of the molecule is CN(C)C(=O)c1cccc(Oc2ccccc2)n1. The van der Waals surface area contributed by atoms with Gasteiger partial charge in [0.1, 0.15) is 11.4 Å². The van der Waals surface area contributed by atoms with E-state index < -0.39 is 0 Å². The lowest BCUT2D eigenvalue weighted by Crippen LogP contribution is -2.22. The Bertz CT molecular complexity index is 539. The molecule has 0 bridgehead atoms. The third-order valence-electron chi connectivity index (χ3n) is 2.31. The lowest BCUT2D eigenvalue weighted by molar-refractivity contribution is 0.0821. The molecular formula is C14H14N2O2. The smallest absolute Gasteiger partial charge is 0.272 e. The summed E-state index contributed by atoms with van der Waals surface area (Å²) in [4.78, 5) is 17.4. The summed E-state index contributed by atoms with van der Waals surface area (Å²) in [5.74, 6) is 0.960. The van der Waals surface area contributed by atoms with Crippen LogP contribution in [0.4, 0.5) is 0 Å². The number of carbonyl (C=O) groups is 1. The van der Waals surface area contributed by atoms with Crippen LogP contribution in [0.3, 0.4) is 0 Å². The normalized spacial score (nSPS) is 9.89. The number of hydrogen-bond acceptors (Lipinski definition) is 3. The van der Waals surface area contributed by atoms with Gasteiger partial charge in [0.25, 0.3) is 5.91 Å². The number of amides is 1. The fraction of sp³-hybridized carbons (Fsp3) is 0.143. The summed E-state index contributed by atoms with van der Waals surface area (Å²) in [6.45, 7) is 0. The molecule has 0 spiro atoms. The summed E-state index contributed by atoms with van der Waals surface area (Å²) < 4.78 is 5.57. The third kappa shape index (κ3) is 2.85. The Hall–Kier alpha value is -2.36. The summed E-state index contributed by atoms with van der Waals surface area (Å²) in [5, 5.41) is 0. The lowest BCUT2D eigenvalue weighted by Gasteiger charge is -2.10. The van der Waals surface area contributed by atoms with Crippen LogP contribution in [0.2, 0.25) is 0 Å². The van der Waals surface area contributed by atoms with Gasteiger partial charge < -0.3 is 9.64 Å². The molecule has 0 aliphatic carbocycles. The van der Waals surface area contributed by atoms with Gasteiger partial charge in [-0.2, -0.15) is 0 Å². The summed E-state index contributed by atoms with van der Waals surface area (Å²) in [5.41, 5.74) is 0.369. The molecule has 0 radical (unpaired) electrons. The Labute approximate surface area is 106 Å². The van der Waals surface area contributed by atoms with Crippen LogP contribution in [-0.4, -0.2) is 29.9 Å².